The van der Waals surface area contributed by atoms with Crippen molar-refractivity contribution in [3.8, 4) is 0 Å². The molecule has 7 nitrogen and oxygen atoms in total. The largest absolute Gasteiger partial charge is 0.338 e. The van der Waals surface area contributed by atoms with Crippen LogP contribution in [0, 0.1) is 0 Å². The van der Waals surface area contributed by atoms with Crippen molar-refractivity contribution >= 4 is 32.9 Å². The lowest BCUT2D eigenvalue weighted by atomic mass is 10.2. The van der Waals surface area contributed by atoms with Crippen molar-refractivity contribution in [2.24, 2.45) is 0 Å². The van der Waals surface area contributed by atoms with Gasteiger partial charge in [0.15, 0.2) is 15.7 Å². The van der Waals surface area contributed by atoms with Crippen molar-refractivity contribution in [3.05, 3.63) is 39.7 Å². The zero-order valence-electron chi connectivity index (χ0n) is 10.8. The first-order valence-corrected chi connectivity index (χ1v) is 8.24. The molecule has 2 aromatic rings. The van der Waals surface area contributed by atoms with Gasteiger partial charge in [0.05, 0.1) is 17.1 Å². The zero-order chi connectivity index (χ0) is 15.0. The molecule has 3 rings (SSSR count). The number of aromatic amines is 1. The van der Waals surface area contributed by atoms with Gasteiger partial charge in [-0.2, -0.15) is 4.98 Å². The SMILES string of the molecule is O=c1ccc(Nc2nc(Cl)nc3c2S(=O)(=O)CCC3)c[nH]1. The summed E-state index contributed by atoms with van der Waals surface area (Å²) in [4.78, 5) is 21.6. The maximum atomic E-state index is 12.2. The molecule has 21 heavy (non-hydrogen) atoms. The maximum absolute atomic E-state index is 12.2. The Kier molecular flexibility index (Phi) is 3.42. The molecule has 0 amide bonds. The lowest BCUT2D eigenvalue weighted by Crippen LogP contribution is -2.20. The number of fused-ring (bicyclic) bond motifs is 1. The van der Waals surface area contributed by atoms with Crippen LogP contribution < -0.4 is 10.9 Å². The van der Waals surface area contributed by atoms with E-state index in [1.165, 1.54) is 18.3 Å². The van der Waals surface area contributed by atoms with Crippen LogP contribution in [0.5, 0.6) is 0 Å². The fourth-order valence-electron chi connectivity index (χ4n) is 2.20. The maximum Gasteiger partial charge on any atom is 0.248 e. The van der Waals surface area contributed by atoms with Gasteiger partial charge in [0, 0.05) is 12.3 Å². The minimum absolute atomic E-state index is 0.0159. The Labute approximate surface area is 125 Å². The van der Waals surface area contributed by atoms with Gasteiger partial charge in [-0.05, 0) is 30.5 Å². The number of hydrogen-bond donors (Lipinski definition) is 2. The molecule has 2 aromatic heterocycles. The van der Waals surface area contributed by atoms with Crippen LogP contribution in [0.3, 0.4) is 0 Å². The molecule has 110 valence electrons. The van der Waals surface area contributed by atoms with E-state index in [2.05, 4.69) is 20.3 Å². The van der Waals surface area contributed by atoms with E-state index in [1.807, 2.05) is 0 Å². The van der Waals surface area contributed by atoms with Gasteiger partial charge >= 0.3 is 0 Å². The Morgan fingerprint density at radius 3 is 2.81 bits per heavy atom. The summed E-state index contributed by atoms with van der Waals surface area (Å²) in [6.45, 7) is 0. The van der Waals surface area contributed by atoms with Gasteiger partial charge in [-0.3, -0.25) is 4.79 Å². The van der Waals surface area contributed by atoms with Gasteiger partial charge in [-0.15, -0.1) is 0 Å². The van der Waals surface area contributed by atoms with E-state index in [4.69, 9.17) is 11.6 Å². The molecule has 0 unspecified atom stereocenters. The van der Waals surface area contributed by atoms with Crippen molar-refractivity contribution in [1.82, 2.24) is 15.0 Å². The topological polar surface area (TPSA) is 105 Å². The van der Waals surface area contributed by atoms with Gasteiger partial charge in [-0.25, -0.2) is 13.4 Å². The Balaban J connectivity index is 2.12. The number of halogens is 1. The number of H-pyrrole nitrogens is 1. The second-order valence-corrected chi connectivity index (χ2v) is 6.99. The third-order valence-electron chi connectivity index (χ3n) is 3.09. The molecule has 0 fully saturated rings. The molecule has 0 bridgehead atoms. The molecule has 0 radical (unpaired) electrons. The number of hydrogen-bond acceptors (Lipinski definition) is 6. The lowest BCUT2D eigenvalue weighted by Gasteiger charge is -2.18. The molecule has 0 saturated heterocycles. The minimum atomic E-state index is -3.44. The fraction of sp³-hybridized carbons (Fsp3) is 0.250. The predicted molar refractivity (Wildman–Crippen MR) is 77.8 cm³/mol. The Hall–Kier alpha value is -1.93. The van der Waals surface area contributed by atoms with Gasteiger partial charge in [0.2, 0.25) is 10.8 Å². The molecule has 0 aliphatic carbocycles. The van der Waals surface area contributed by atoms with Gasteiger partial charge in [0.25, 0.3) is 0 Å². The van der Waals surface area contributed by atoms with Crippen LogP contribution in [0.25, 0.3) is 0 Å². The van der Waals surface area contributed by atoms with Crippen LogP contribution in [-0.4, -0.2) is 29.1 Å². The summed E-state index contributed by atoms with van der Waals surface area (Å²) in [6, 6.07) is 2.85. The predicted octanol–water partition coefficient (Wildman–Crippen LogP) is 1.28. The van der Waals surface area contributed by atoms with Gasteiger partial charge < -0.3 is 10.3 Å². The van der Waals surface area contributed by atoms with E-state index < -0.39 is 9.84 Å². The summed E-state index contributed by atoms with van der Waals surface area (Å²) >= 11 is 5.85. The average Bonchev–Trinajstić information content (AvgIpc) is 2.40. The summed E-state index contributed by atoms with van der Waals surface area (Å²) in [5.74, 6) is 0.197. The van der Waals surface area contributed by atoms with Crippen LogP contribution in [-0.2, 0) is 16.3 Å². The van der Waals surface area contributed by atoms with E-state index in [1.54, 1.807) is 0 Å². The monoisotopic (exact) mass is 326 g/mol. The van der Waals surface area contributed by atoms with Gasteiger partial charge in [0.1, 0.15) is 4.90 Å². The van der Waals surface area contributed by atoms with Crippen LogP contribution in [0.15, 0.2) is 28.0 Å². The third-order valence-corrected chi connectivity index (χ3v) is 5.14. The second-order valence-electron chi connectivity index (χ2n) is 4.61. The van der Waals surface area contributed by atoms with E-state index in [-0.39, 0.29) is 27.3 Å². The van der Waals surface area contributed by atoms with E-state index >= 15 is 0 Å². The molecule has 9 heteroatoms. The Morgan fingerprint density at radius 1 is 1.29 bits per heavy atom. The molecule has 0 spiro atoms. The highest BCUT2D eigenvalue weighted by molar-refractivity contribution is 7.91. The number of nitrogens with zero attached hydrogens (tertiary/aromatic N) is 2. The van der Waals surface area contributed by atoms with Crippen molar-refractivity contribution in [3.63, 3.8) is 0 Å². The van der Waals surface area contributed by atoms with Crippen LogP contribution in [0.1, 0.15) is 12.1 Å². The minimum Gasteiger partial charge on any atom is -0.338 e. The smallest absolute Gasteiger partial charge is 0.248 e. The third kappa shape index (κ3) is 2.77. The van der Waals surface area contributed by atoms with Crippen LogP contribution >= 0.6 is 11.6 Å². The number of aryl methyl sites for hydroxylation is 1. The zero-order valence-corrected chi connectivity index (χ0v) is 12.3. The molecule has 2 N–H and O–H groups in total. The molecule has 1 aliphatic heterocycles. The highest BCUT2D eigenvalue weighted by atomic mass is 35.5. The summed E-state index contributed by atoms with van der Waals surface area (Å²) in [7, 11) is -3.44. The number of anilines is 2. The molecule has 0 aromatic carbocycles. The number of aromatic nitrogens is 3. The molecular formula is C12H11ClN4O3S. The van der Waals surface area contributed by atoms with E-state index in [9.17, 15) is 13.2 Å². The normalized spacial score (nSPS) is 16.2. The van der Waals surface area contributed by atoms with Gasteiger partial charge in [-0.1, -0.05) is 0 Å². The lowest BCUT2D eigenvalue weighted by molar-refractivity contribution is 0.584. The molecular weight excluding hydrogens is 316 g/mol. The van der Waals surface area contributed by atoms with Crippen molar-refractivity contribution < 1.29 is 8.42 Å². The Morgan fingerprint density at radius 2 is 2.10 bits per heavy atom. The molecule has 1 aliphatic rings. The molecule has 0 atom stereocenters. The number of rotatable bonds is 2. The van der Waals surface area contributed by atoms with E-state index in [0.717, 1.165) is 0 Å². The van der Waals surface area contributed by atoms with Crippen molar-refractivity contribution in [2.45, 2.75) is 17.7 Å². The Bertz CT molecular complexity index is 843. The number of nitrogens with one attached hydrogen (secondary N) is 2. The first kappa shape index (κ1) is 14.0. The van der Waals surface area contributed by atoms with Crippen LogP contribution in [0.4, 0.5) is 11.5 Å². The highest BCUT2D eigenvalue weighted by Gasteiger charge is 2.29. The first-order valence-electron chi connectivity index (χ1n) is 6.21. The average molecular weight is 327 g/mol. The molecule has 0 saturated carbocycles. The first-order chi connectivity index (χ1) is 9.95. The fourth-order valence-corrected chi connectivity index (χ4v) is 4.02. The van der Waals surface area contributed by atoms with Crippen LogP contribution in [0.2, 0.25) is 5.28 Å². The van der Waals surface area contributed by atoms with Crippen molar-refractivity contribution in [2.75, 3.05) is 11.1 Å². The number of sulfone groups is 1. The summed E-state index contributed by atoms with van der Waals surface area (Å²) in [5.41, 5.74) is 0.677. The van der Waals surface area contributed by atoms with Crippen molar-refractivity contribution in [1.29, 1.82) is 0 Å². The summed E-state index contributed by atoms with van der Waals surface area (Å²) in [5, 5.41) is 2.85. The second kappa shape index (κ2) is 5.12. The quantitative estimate of drug-likeness (QED) is 0.805. The standard InChI is InChI=1S/C12H11ClN4O3S/c13-12-16-8-2-1-5-21(19,20)10(8)11(17-12)15-7-3-4-9(18)14-6-7/h3-4,6H,1-2,5H2,(H,14,18)(H,15,16,17). The highest BCUT2D eigenvalue weighted by Crippen LogP contribution is 2.31. The number of pyridine rings is 1. The van der Waals surface area contributed by atoms with E-state index in [0.29, 0.717) is 24.2 Å². The summed E-state index contributed by atoms with van der Waals surface area (Å²) < 4.78 is 24.5. The summed E-state index contributed by atoms with van der Waals surface area (Å²) in [6.07, 6.45) is 2.48. The molecule has 3 heterocycles.